The van der Waals surface area contributed by atoms with E-state index in [0.717, 1.165) is 90.2 Å². The van der Waals surface area contributed by atoms with Crippen LogP contribution < -0.4 is 57.1 Å². The number of anilines is 12. The van der Waals surface area contributed by atoms with E-state index in [9.17, 15) is 0 Å². The van der Waals surface area contributed by atoms with Gasteiger partial charge in [0, 0.05) is 78.2 Å². The van der Waals surface area contributed by atoms with Gasteiger partial charge in [-0.2, -0.15) is 0 Å². The highest BCUT2D eigenvalue weighted by Gasteiger charge is 2.54. The lowest BCUT2D eigenvalue weighted by atomic mass is 9.33. The molecular weight excluding hydrogens is 1270 g/mol. The van der Waals surface area contributed by atoms with Crippen molar-refractivity contribution in [2.45, 2.75) is 41.4 Å². The van der Waals surface area contributed by atoms with E-state index in [4.69, 9.17) is 4.74 Å². The van der Waals surface area contributed by atoms with E-state index >= 15 is 0 Å². The summed E-state index contributed by atoms with van der Waals surface area (Å²) in [5.41, 5.74) is 33.4. The molecule has 0 bridgehead atoms. The van der Waals surface area contributed by atoms with Crippen molar-refractivity contribution in [2.24, 2.45) is 0 Å². The van der Waals surface area contributed by atoms with Crippen LogP contribution in [0.15, 0.2) is 356 Å². The van der Waals surface area contributed by atoms with Crippen molar-refractivity contribution in [3.8, 4) is 44.9 Å². The Bertz CT molecular complexity index is 5940. The average Bonchev–Trinajstić information content (AvgIpc) is 1.63. The largest absolute Gasteiger partial charge is 0.458 e. The van der Waals surface area contributed by atoms with Gasteiger partial charge in [0.25, 0.3) is 13.4 Å². The molecule has 0 aromatic heterocycles. The van der Waals surface area contributed by atoms with Crippen LogP contribution in [0.5, 0.6) is 11.5 Å². The van der Waals surface area contributed by atoms with Gasteiger partial charge in [-0.1, -0.05) is 281 Å². The zero-order chi connectivity index (χ0) is 68.2. The smallest absolute Gasteiger partial charge is 0.256 e. The molecule has 103 heavy (non-hydrogen) atoms. The molecule has 484 valence electrons. The summed E-state index contributed by atoms with van der Waals surface area (Å²) in [5.74, 6) is 1.68. The Morgan fingerprint density at radius 1 is 0.320 bits per heavy atom. The Morgan fingerprint density at radius 3 is 1.39 bits per heavy atom. The fourth-order valence-corrected chi connectivity index (χ4v) is 19.3. The van der Waals surface area contributed by atoms with Gasteiger partial charge in [-0.25, -0.2) is 0 Å². The fraction of sp³-hybridized carbons (Fsp3) is 0.0526. The zero-order valence-electron chi connectivity index (χ0n) is 57.2. The van der Waals surface area contributed by atoms with Crippen molar-refractivity contribution in [3.63, 3.8) is 0 Å². The van der Waals surface area contributed by atoms with E-state index in [1.165, 1.54) is 93.3 Å². The maximum Gasteiger partial charge on any atom is 0.256 e. The maximum atomic E-state index is 7.94. The third kappa shape index (κ3) is 8.84. The summed E-state index contributed by atoms with van der Waals surface area (Å²) in [6.45, 7) is 6.72. The lowest BCUT2D eigenvalue weighted by Crippen LogP contribution is -2.61. The summed E-state index contributed by atoms with van der Waals surface area (Å²) >= 11 is 1.89. The molecule has 6 aliphatic rings. The summed E-state index contributed by atoms with van der Waals surface area (Å²) in [4.78, 5) is 12.5. The Morgan fingerprint density at radius 2 is 0.777 bits per heavy atom. The van der Waals surface area contributed by atoms with Crippen molar-refractivity contribution in [1.82, 2.24) is 0 Å². The minimum absolute atomic E-state index is 0.110. The third-order valence-corrected chi connectivity index (χ3v) is 23.6. The Balaban J connectivity index is 0.837. The van der Waals surface area contributed by atoms with Crippen LogP contribution in [-0.4, -0.2) is 13.4 Å². The van der Waals surface area contributed by atoms with Gasteiger partial charge in [-0.05, 0) is 179 Å². The first-order valence-electron chi connectivity index (χ1n) is 35.9. The molecule has 15 aromatic carbocycles. The lowest BCUT2D eigenvalue weighted by molar-refractivity contribution is 0.485. The van der Waals surface area contributed by atoms with Gasteiger partial charge in [0.05, 0.1) is 22.5 Å². The molecule has 0 atom stereocenters. The molecule has 0 saturated carbocycles. The highest BCUT2D eigenvalue weighted by atomic mass is 32.2. The molecule has 0 radical (unpaired) electrons. The molecule has 5 nitrogen and oxygen atoms in total. The summed E-state index contributed by atoms with van der Waals surface area (Å²) in [7, 11) is 0. The SMILES string of the molecule is CC(C)(C)c1cc2c3c(c1)N(c1ccccc1)c1cc4c(cc1B3c1ccccc1N2c1ccccc1)C1(c2cc3c(cc2S4)Oc2cc(N(c4ccccc4)c4ccccc4-c4ccccc4)cc4c2B3c2ccccc2N4c2ccccc2-c2ccccc2)c2ccccc2-c2ccccc21. The third-order valence-electron chi connectivity index (χ3n) is 22.4. The molecule has 5 heterocycles. The normalized spacial score (nSPS) is 14.0. The van der Waals surface area contributed by atoms with Gasteiger partial charge in [0.2, 0.25) is 0 Å². The highest BCUT2D eigenvalue weighted by molar-refractivity contribution is 7.99. The van der Waals surface area contributed by atoms with Crippen LogP contribution in [0.3, 0.4) is 0 Å². The first-order chi connectivity index (χ1) is 50.8. The van der Waals surface area contributed by atoms with Crippen LogP contribution >= 0.6 is 11.8 Å². The van der Waals surface area contributed by atoms with Crippen LogP contribution in [0.2, 0.25) is 0 Å². The first kappa shape index (κ1) is 59.6. The minimum Gasteiger partial charge on any atom is -0.458 e. The monoisotopic (exact) mass is 1330 g/mol. The average molecular weight is 1330 g/mol. The second kappa shape index (κ2) is 22.9. The number of para-hydroxylation sites is 7. The molecule has 1 spiro atoms. The zero-order valence-corrected chi connectivity index (χ0v) is 58.0. The Hall–Kier alpha value is -12.2. The van der Waals surface area contributed by atoms with E-state index in [-0.39, 0.29) is 18.8 Å². The molecule has 0 fully saturated rings. The predicted molar refractivity (Wildman–Crippen MR) is 432 cm³/mol. The number of nitrogens with zero attached hydrogens (tertiary/aromatic N) is 4. The summed E-state index contributed by atoms with van der Waals surface area (Å²) in [5, 5.41) is 0. The molecule has 0 amide bonds. The van der Waals surface area contributed by atoms with Crippen LogP contribution in [-0.2, 0) is 10.8 Å². The number of benzene rings is 15. The molecular formula is C95H66B2N4OS. The van der Waals surface area contributed by atoms with E-state index in [2.05, 4.69) is 386 Å². The Kier molecular flexibility index (Phi) is 13.3. The van der Waals surface area contributed by atoms with Gasteiger partial charge >= 0.3 is 0 Å². The fourth-order valence-electron chi connectivity index (χ4n) is 18.1. The molecule has 0 unspecified atom stereocenters. The topological polar surface area (TPSA) is 22.2 Å². The minimum atomic E-state index is -0.766. The van der Waals surface area contributed by atoms with Gasteiger partial charge in [-0.3, -0.25) is 0 Å². The molecule has 0 saturated heterocycles. The maximum absolute atomic E-state index is 7.94. The molecule has 8 heteroatoms. The summed E-state index contributed by atoms with van der Waals surface area (Å²) in [6, 6.07) is 129. The second-order valence-electron chi connectivity index (χ2n) is 29.0. The van der Waals surface area contributed by atoms with Crippen LogP contribution in [0.4, 0.5) is 68.2 Å². The number of hydrogen-bond donors (Lipinski definition) is 0. The van der Waals surface area contributed by atoms with Crippen LogP contribution in [0.1, 0.15) is 48.6 Å². The van der Waals surface area contributed by atoms with E-state index in [0.29, 0.717) is 0 Å². The van der Waals surface area contributed by atoms with Crippen molar-refractivity contribution >= 4 is 126 Å². The lowest BCUT2D eigenvalue weighted by Gasteiger charge is -2.47. The van der Waals surface area contributed by atoms with Gasteiger partial charge in [0.15, 0.2) is 0 Å². The van der Waals surface area contributed by atoms with Gasteiger partial charge < -0.3 is 24.3 Å². The van der Waals surface area contributed by atoms with Crippen molar-refractivity contribution in [2.75, 3.05) is 19.6 Å². The standard InChI is InChI=1S/C95H66B2N4OS/c1-94(2,3)63-53-85-92-86(54-63)100(66-39-17-8-18-40-66)84-59-90-74(57-78(84)96(92)76-47-25-29-51-82(76)99(85)65-37-15-7-16-38-65)95(72-45-23-19-43-70(72)71-44-20-24-46-73(71)95)75-58-79-88(60-91(75)103-90)102-89-56-67(98(64-35-13-6-14-36-64)80-49-27-21-41-68(80)61-31-9-4-10-32-61)55-87-93(89)97(79)77-48-26-30-52-83(77)101(87)81-50-28-22-42-69(81)62-33-11-5-12-34-62/h4-60H,1-3H3. The molecule has 15 aromatic rings. The Labute approximate surface area is 606 Å². The van der Waals surface area contributed by atoms with Gasteiger partial charge in [0.1, 0.15) is 11.5 Å². The van der Waals surface area contributed by atoms with Crippen LogP contribution in [0, 0.1) is 0 Å². The van der Waals surface area contributed by atoms with Crippen LogP contribution in [0.25, 0.3) is 33.4 Å². The van der Waals surface area contributed by atoms with Crippen molar-refractivity contribution in [3.05, 3.63) is 374 Å². The highest BCUT2D eigenvalue weighted by Crippen LogP contribution is 2.64. The van der Waals surface area contributed by atoms with E-state index in [1.807, 2.05) is 11.8 Å². The number of rotatable bonds is 8. The summed E-state index contributed by atoms with van der Waals surface area (Å²) < 4.78 is 7.94. The number of fused-ring (bicyclic) bond motifs is 17. The molecule has 0 N–H and O–H groups in total. The van der Waals surface area contributed by atoms with Crippen molar-refractivity contribution < 1.29 is 4.74 Å². The number of hydrogen-bond acceptors (Lipinski definition) is 6. The molecule has 5 aliphatic heterocycles. The second-order valence-corrected chi connectivity index (χ2v) is 30.1. The van der Waals surface area contributed by atoms with Gasteiger partial charge in [-0.15, -0.1) is 0 Å². The van der Waals surface area contributed by atoms with Crippen molar-refractivity contribution in [1.29, 1.82) is 0 Å². The quantitative estimate of drug-likeness (QED) is 0.140. The molecule has 21 rings (SSSR count). The molecule has 1 aliphatic carbocycles. The van der Waals surface area contributed by atoms with E-state index in [1.54, 1.807) is 0 Å². The number of ether oxygens (including phenoxy) is 1. The predicted octanol–water partition coefficient (Wildman–Crippen LogP) is 21.1. The summed E-state index contributed by atoms with van der Waals surface area (Å²) in [6.07, 6.45) is 0. The van der Waals surface area contributed by atoms with E-state index < -0.39 is 5.41 Å². The first-order valence-corrected chi connectivity index (χ1v) is 36.7.